The second-order valence-corrected chi connectivity index (χ2v) is 21.6. The van der Waals surface area contributed by atoms with Gasteiger partial charge in [-0.25, -0.2) is 0 Å². The summed E-state index contributed by atoms with van der Waals surface area (Å²) in [5, 5.41) is 0. The van der Waals surface area contributed by atoms with Crippen LogP contribution in [0.4, 0.5) is 17.1 Å². The third-order valence-corrected chi connectivity index (χ3v) is 15.6. The molecule has 1 nitrogen and oxygen atoms in total. The van der Waals surface area contributed by atoms with Gasteiger partial charge in [-0.3, -0.25) is 0 Å². The normalized spacial score (nSPS) is 16.7. The highest BCUT2D eigenvalue weighted by molar-refractivity contribution is 5.99. The van der Waals surface area contributed by atoms with Crippen molar-refractivity contribution < 1.29 is 0 Å². The molecule has 10 aromatic carbocycles. The minimum absolute atomic E-state index is 0.000752. The predicted octanol–water partition coefficient (Wildman–Crippen LogP) is 18.1. The minimum Gasteiger partial charge on any atom is -0.310 e. The van der Waals surface area contributed by atoms with Crippen LogP contribution in [0.25, 0.3) is 33.4 Å². The molecule has 0 saturated heterocycles. The molecule has 12 rings (SSSR count). The average Bonchev–Trinajstić information content (AvgIpc) is 3.89. The van der Waals surface area contributed by atoms with Crippen LogP contribution in [0.15, 0.2) is 249 Å². The van der Waals surface area contributed by atoms with Crippen LogP contribution in [-0.4, -0.2) is 0 Å². The summed E-state index contributed by atoms with van der Waals surface area (Å²) < 4.78 is 0. The monoisotopic (exact) mass is 913 g/mol. The van der Waals surface area contributed by atoms with Gasteiger partial charge in [-0.15, -0.1) is 0 Å². The van der Waals surface area contributed by atoms with E-state index in [9.17, 15) is 0 Å². The van der Waals surface area contributed by atoms with Crippen LogP contribution >= 0.6 is 0 Å². The smallest absolute Gasteiger partial charge is 0.0734 e. The maximum atomic E-state index is 2.63. The lowest BCUT2D eigenvalue weighted by Gasteiger charge is -2.41. The molecule has 10 aromatic rings. The van der Waals surface area contributed by atoms with Crippen molar-refractivity contribution in [3.63, 3.8) is 0 Å². The molecule has 0 heterocycles. The molecule has 344 valence electrons. The zero-order valence-electron chi connectivity index (χ0n) is 41.6. The molecule has 2 aliphatic carbocycles. The zero-order valence-corrected chi connectivity index (χ0v) is 41.6. The molecule has 2 atom stereocenters. The van der Waals surface area contributed by atoms with E-state index in [1.807, 2.05) is 0 Å². The number of rotatable bonds is 8. The molecule has 0 aromatic heterocycles. The summed E-state index contributed by atoms with van der Waals surface area (Å²) in [5.74, 6) is 0. The lowest BCUT2D eigenvalue weighted by Crippen LogP contribution is -2.32. The maximum Gasteiger partial charge on any atom is 0.0734 e. The summed E-state index contributed by atoms with van der Waals surface area (Å²) in [5.41, 5.74) is 22.1. The van der Waals surface area contributed by atoms with Crippen molar-refractivity contribution in [3.05, 3.63) is 304 Å². The van der Waals surface area contributed by atoms with E-state index in [1.54, 1.807) is 0 Å². The fraction of sp³-hybridized carbons (Fsp3) is 0.143. The van der Waals surface area contributed by atoms with Gasteiger partial charge >= 0.3 is 0 Å². The largest absolute Gasteiger partial charge is 0.310 e. The molecule has 0 spiro atoms. The number of benzene rings is 10. The Bertz CT molecular complexity index is 3380. The highest BCUT2D eigenvalue weighted by Gasteiger charge is 2.51. The topological polar surface area (TPSA) is 3.24 Å². The SMILES string of the molecule is CC(C)(C)c1ccc(C2(c3ccccc3)c3ccccc3-c3cccc(N(c4cccc(-c5ccccc5)c4)c4cccc5c4C(c4ccccc4)(c4ccc(C(C)(C)C)cc4)c4ccccc4-5)c32)cc1. The fourth-order valence-electron chi connectivity index (χ4n) is 12.3. The van der Waals surface area contributed by atoms with E-state index < -0.39 is 10.8 Å². The Labute approximate surface area is 420 Å². The van der Waals surface area contributed by atoms with Crippen molar-refractivity contribution >= 4 is 17.1 Å². The van der Waals surface area contributed by atoms with Crippen LogP contribution in [0, 0.1) is 0 Å². The van der Waals surface area contributed by atoms with Gasteiger partial charge in [0.15, 0.2) is 0 Å². The summed E-state index contributed by atoms with van der Waals surface area (Å²) >= 11 is 0. The molecule has 0 N–H and O–H groups in total. The van der Waals surface area contributed by atoms with Gasteiger partial charge in [0.05, 0.1) is 22.2 Å². The Kier molecular flexibility index (Phi) is 10.5. The van der Waals surface area contributed by atoms with Gasteiger partial charge in [-0.1, -0.05) is 266 Å². The molecule has 0 fully saturated rings. The fourth-order valence-corrected chi connectivity index (χ4v) is 12.3. The second-order valence-electron chi connectivity index (χ2n) is 21.6. The van der Waals surface area contributed by atoms with Crippen LogP contribution in [0.3, 0.4) is 0 Å². The third-order valence-electron chi connectivity index (χ3n) is 15.6. The van der Waals surface area contributed by atoms with Crippen LogP contribution in [0.1, 0.15) is 97.2 Å². The van der Waals surface area contributed by atoms with Crippen molar-refractivity contribution in [2.24, 2.45) is 0 Å². The van der Waals surface area contributed by atoms with E-state index >= 15 is 0 Å². The number of anilines is 3. The van der Waals surface area contributed by atoms with Gasteiger partial charge < -0.3 is 4.90 Å². The molecular formula is C70H59N. The van der Waals surface area contributed by atoms with Crippen molar-refractivity contribution in [2.45, 2.75) is 63.2 Å². The van der Waals surface area contributed by atoms with Crippen LogP contribution in [0.2, 0.25) is 0 Å². The van der Waals surface area contributed by atoms with E-state index in [1.165, 1.54) is 89.0 Å². The average molecular weight is 914 g/mol. The van der Waals surface area contributed by atoms with Crippen molar-refractivity contribution in [1.29, 1.82) is 0 Å². The number of nitrogens with zero attached hydrogens (tertiary/aromatic N) is 1. The van der Waals surface area contributed by atoms with E-state index in [-0.39, 0.29) is 10.8 Å². The van der Waals surface area contributed by atoms with Gasteiger partial charge in [0.2, 0.25) is 0 Å². The summed E-state index contributed by atoms with van der Waals surface area (Å²) in [4.78, 5) is 2.63. The Morgan fingerprint density at radius 3 is 1.08 bits per heavy atom. The molecule has 0 aliphatic heterocycles. The van der Waals surface area contributed by atoms with Crippen molar-refractivity contribution in [3.8, 4) is 33.4 Å². The quantitative estimate of drug-likeness (QED) is 0.147. The molecule has 0 bridgehead atoms. The Hall–Kier alpha value is -8.00. The van der Waals surface area contributed by atoms with Crippen molar-refractivity contribution in [1.82, 2.24) is 0 Å². The van der Waals surface area contributed by atoms with E-state index in [0.29, 0.717) is 0 Å². The Morgan fingerprint density at radius 2 is 0.648 bits per heavy atom. The van der Waals surface area contributed by atoms with E-state index in [0.717, 1.165) is 17.1 Å². The molecule has 2 unspecified atom stereocenters. The second kappa shape index (κ2) is 16.9. The first-order valence-electron chi connectivity index (χ1n) is 25.3. The van der Waals surface area contributed by atoms with E-state index in [4.69, 9.17) is 0 Å². The lowest BCUT2D eigenvalue weighted by molar-refractivity contribution is 0.589. The molecule has 1 heteroatoms. The summed E-state index contributed by atoms with van der Waals surface area (Å²) in [6.07, 6.45) is 0. The summed E-state index contributed by atoms with van der Waals surface area (Å²) in [6.45, 7) is 13.8. The molecule has 0 saturated carbocycles. The first-order chi connectivity index (χ1) is 34.5. The van der Waals surface area contributed by atoms with Crippen LogP contribution in [-0.2, 0) is 21.7 Å². The first kappa shape index (κ1) is 44.2. The summed E-state index contributed by atoms with van der Waals surface area (Å²) in [7, 11) is 0. The van der Waals surface area contributed by atoms with Crippen LogP contribution < -0.4 is 4.90 Å². The van der Waals surface area contributed by atoms with E-state index in [2.05, 4.69) is 295 Å². The highest BCUT2D eigenvalue weighted by Crippen LogP contribution is 2.64. The zero-order chi connectivity index (χ0) is 48.5. The van der Waals surface area contributed by atoms with Gasteiger partial charge in [0, 0.05) is 16.8 Å². The number of hydrogen-bond acceptors (Lipinski definition) is 1. The molecule has 2 aliphatic rings. The highest BCUT2D eigenvalue weighted by atomic mass is 15.2. The molecule has 0 radical (unpaired) electrons. The molecule has 0 amide bonds. The summed E-state index contributed by atoms with van der Waals surface area (Å²) in [6, 6.07) is 94.1. The van der Waals surface area contributed by atoms with Gasteiger partial charge in [0.25, 0.3) is 0 Å². The van der Waals surface area contributed by atoms with Gasteiger partial charge in [-0.2, -0.15) is 0 Å². The molecular weight excluding hydrogens is 855 g/mol. The Balaban J connectivity index is 1.23. The number of fused-ring (bicyclic) bond motifs is 6. The van der Waals surface area contributed by atoms with Gasteiger partial charge in [-0.05, 0) is 113 Å². The van der Waals surface area contributed by atoms with Crippen LogP contribution in [0.5, 0.6) is 0 Å². The van der Waals surface area contributed by atoms with Gasteiger partial charge in [0.1, 0.15) is 0 Å². The first-order valence-corrected chi connectivity index (χ1v) is 25.3. The lowest BCUT2D eigenvalue weighted by atomic mass is 9.66. The minimum atomic E-state index is -0.671. The van der Waals surface area contributed by atoms with Crippen molar-refractivity contribution in [2.75, 3.05) is 4.90 Å². The third kappa shape index (κ3) is 6.89. The predicted molar refractivity (Wildman–Crippen MR) is 299 cm³/mol. The standard InChI is InChI=1S/C70H59N/c1-67(2,3)50-39-43-54(44-40-50)69(52-26-12-8-13-27-52)61-35-18-16-31-57(61)59-33-21-37-63(65(59)69)71(56-30-20-25-49(47-56)48-23-10-7-11-24-48)64-38-22-34-60-58-32-17-19-36-62(58)70(66(60)64,53-28-14-9-15-29-53)55-45-41-51(42-46-55)68(4,5)6/h7-47H,1-6H3. The Morgan fingerprint density at radius 1 is 0.296 bits per heavy atom. The maximum absolute atomic E-state index is 2.63. The number of hydrogen-bond donors (Lipinski definition) is 0. The molecule has 71 heavy (non-hydrogen) atoms.